The summed E-state index contributed by atoms with van der Waals surface area (Å²) in [7, 11) is 2.57. The Balaban J connectivity index is 0.000000236. The Bertz CT molecular complexity index is 1320. The molecule has 2 fully saturated rings. The third-order valence-corrected chi connectivity index (χ3v) is 6.33. The second-order valence-electron chi connectivity index (χ2n) is 8.70. The Hall–Kier alpha value is -3.17. The van der Waals surface area contributed by atoms with Gasteiger partial charge in [-0.05, 0) is 68.2 Å². The largest absolute Gasteiger partial charge is 0.465 e. The lowest BCUT2D eigenvalue weighted by Crippen LogP contribution is -2.49. The minimum Gasteiger partial charge on any atom is -0.465 e. The van der Waals surface area contributed by atoms with Crippen molar-refractivity contribution in [2.24, 2.45) is 11.8 Å². The highest BCUT2D eigenvalue weighted by atomic mass is 19.1. The fourth-order valence-electron chi connectivity index (χ4n) is 4.30. The quantitative estimate of drug-likeness (QED) is 0.368. The van der Waals surface area contributed by atoms with Gasteiger partial charge < -0.3 is 14.7 Å². The molecule has 2 aromatic carbocycles. The van der Waals surface area contributed by atoms with E-state index in [9.17, 15) is 28.3 Å². The molecular weight excluding hydrogens is 482 g/mol. The third kappa shape index (κ3) is 6.99. The van der Waals surface area contributed by atoms with Crippen molar-refractivity contribution in [1.29, 1.82) is 0 Å². The van der Waals surface area contributed by atoms with Crippen LogP contribution in [-0.4, -0.2) is 72.9 Å². The van der Waals surface area contributed by atoms with Crippen molar-refractivity contribution in [2.75, 3.05) is 40.3 Å². The summed E-state index contributed by atoms with van der Waals surface area (Å²) < 4.78 is 78.3. The van der Waals surface area contributed by atoms with Crippen LogP contribution in [0.15, 0.2) is 48.5 Å². The van der Waals surface area contributed by atoms with Crippen LogP contribution < -0.4 is 0 Å². The highest BCUT2D eigenvalue weighted by Gasteiger charge is 2.45. The highest BCUT2D eigenvalue weighted by Crippen LogP contribution is 2.35. The number of esters is 1. The lowest BCUT2D eigenvalue weighted by molar-refractivity contribution is -0.162. The van der Waals surface area contributed by atoms with E-state index in [0.717, 1.165) is 21.9 Å². The number of rotatable bonds is 5. The summed E-state index contributed by atoms with van der Waals surface area (Å²) in [6, 6.07) is 10.5. The van der Waals surface area contributed by atoms with Crippen LogP contribution in [0.2, 0.25) is 0 Å². The zero-order valence-electron chi connectivity index (χ0n) is 26.8. The maximum Gasteiger partial charge on any atom is 0.319 e. The van der Waals surface area contributed by atoms with Crippen LogP contribution in [-0.2, 0) is 19.1 Å². The van der Waals surface area contributed by atoms with Crippen LogP contribution in [0.25, 0.3) is 0 Å². The Morgan fingerprint density at radius 3 is 2.11 bits per heavy atom. The van der Waals surface area contributed by atoms with Crippen molar-refractivity contribution >= 4 is 17.8 Å². The van der Waals surface area contributed by atoms with Crippen molar-refractivity contribution in [3.8, 4) is 0 Å². The van der Waals surface area contributed by atoms with Crippen molar-refractivity contribution in [2.45, 2.75) is 31.6 Å². The van der Waals surface area contributed by atoms with Crippen molar-refractivity contribution in [3.05, 3.63) is 71.3 Å². The predicted molar refractivity (Wildman–Crippen MR) is 133 cm³/mol. The zero-order chi connectivity index (χ0) is 32.5. The van der Waals surface area contributed by atoms with E-state index in [1.54, 1.807) is 6.92 Å². The zero-order valence-corrected chi connectivity index (χ0v) is 20.8. The fourth-order valence-corrected chi connectivity index (χ4v) is 4.30. The molecule has 0 aliphatic carbocycles. The molecule has 0 unspecified atom stereocenters. The molecule has 200 valence electrons. The fraction of sp³-hybridized carbons (Fsp3) is 0.464. The van der Waals surface area contributed by atoms with E-state index in [1.165, 1.54) is 50.5 Å². The maximum atomic E-state index is 13.1. The molecule has 1 N–H and O–H groups in total. The van der Waals surface area contributed by atoms with Gasteiger partial charge in [0.05, 0.1) is 9.35 Å². The summed E-state index contributed by atoms with van der Waals surface area (Å²) >= 11 is 0. The summed E-state index contributed by atoms with van der Waals surface area (Å²) in [5, 5.41) is 9.82. The average Bonchev–Trinajstić information content (AvgIpc) is 2.90. The van der Waals surface area contributed by atoms with Crippen LogP contribution >= 0.6 is 0 Å². The van der Waals surface area contributed by atoms with Gasteiger partial charge in [-0.25, -0.2) is 8.78 Å². The number of ether oxygens (including phenoxy) is 1. The summed E-state index contributed by atoms with van der Waals surface area (Å²) in [4.78, 5) is 37.9. The summed E-state index contributed by atoms with van der Waals surface area (Å²) in [5.74, 6) is -6.66. The lowest BCUT2D eigenvalue weighted by atomic mass is 9.79. The van der Waals surface area contributed by atoms with Gasteiger partial charge in [0.25, 0.3) is 0 Å². The van der Waals surface area contributed by atoms with Crippen LogP contribution in [0, 0.1) is 23.5 Å². The number of hydrogen-bond acceptors (Lipinski definition) is 6. The van der Waals surface area contributed by atoms with Crippen LogP contribution in [0.3, 0.4) is 0 Å². The molecule has 2 amide bonds. The molecule has 37 heavy (non-hydrogen) atoms. The Morgan fingerprint density at radius 1 is 1.05 bits per heavy atom. The summed E-state index contributed by atoms with van der Waals surface area (Å²) in [5.41, 5.74) is 0.967. The molecule has 4 rings (SSSR count). The van der Waals surface area contributed by atoms with E-state index >= 15 is 0 Å². The Labute approximate surface area is 224 Å². The van der Waals surface area contributed by atoms with Gasteiger partial charge in [0.15, 0.2) is 0 Å². The van der Waals surface area contributed by atoms with E-state index in [-0.39, 0.29) is 25.4 Å². The second-order valence-corrected chi connectivity index (χ2v) is 8.70. The molecule has 0 aromatic heterocycles. The van der Waals surface area contributed by atoms with E-state index in [2.05, 4.69) is 0 Å². The highest BCUT2D eigenvalue weighted by molar-refractivity contribution is 6.08. The number of amides is 2. The molecule has 2 aliphatic rings. The van der Waals surface area contributed by atoms with Gasteiger partial charge in [-0.2, -0.15) is 0 Å². The summed E-state index contributed by atoms with van der Waals surface area (Å²) in [6.45, 7) is -5.50. The SMILES string of the molecule is CCOC(=O)[C@@H]1C(=O)N(C)C(=O)C[C@H]1c1ccc(F)cc1.[2H]C([2H])(O)[C@H]1[C@H](c2ccc(F)cc2)CC([2H])([2H])N(C)C1([2H])[2H]. The third-order valence-electron chi connectivity index (χ3n) is 6.33. The van der Waals surface area contributed by atoms with Gasteiger partial charge in [0.2, 0.25) is 11.8 Å². The Morgan fingerprint density at radius 2 is 1.59 bits per heavy atom. The van der Waals surface area contributed by atoms with Crippen molar-refractivity contribution < 1.29 is 41.2 Å². The predicted octanol–water partition coefficient (Wildman–Crippen LogP) is 3.33. The molecular formula is C28H34F2N2O5. The molecule has 2 aromatic rings. The van der Waals surface area contributed by atoms with Gasteiger partial charge in [-0.3, -0.25) is 19.3 Å². The van der Waals surface area contributed by atoms with Gasteiger partial charge in [0.1, 0.15) is 17.6 Å². The molecule has 0 spiro atoms. The number of carbonyl (C=O) groups is 3. The van der Waals surface area contributed by atoms with Crippen molar-refractivity contribution in [3.63, 3.8) is 0 Å². The monoisotopic (exact) mass is 522 g/mol. The number of imide groups is 1. The first-order valence-electron chi connectivity index (χ1n) is 14.8. The molecule has 0 bridgehead atoms. The number of carbonyl (C=O) groups excluding carboxylic acids is 3. The second kappa shape index (κ2) is 12.9. The first-order chi connectivity index (χ1) is 19.8. The number of benzene rings is 2. The van der Waals surface area contributed by atoms with Crippen LogP contribution in [0.4, 0.5) is 8.78 Å². The smallest absolute Gasteiger partial charge is 0.319 e. The number of likely N-dealkylation sites (tertiary alicyclic amines) is 2. The number of piperidine rings is 2. The first kappa shape index (κ1) is 20.8. The minimum atomic E-state index is -2.85. The molecule has 2 aliphatic heterocycles. The number of hydrogen-bond donors (Lipinski definition) is 1. The lowest BCUT2D eigenvalue weighted by Gasteiger charge is -2.36. The molecule has 0 radical (unpaired) electrons. The molecule has 0 saturated carbocycles. The van der Waals surface area contributed by atoms with Gasteiger partial charge in [0, 0.05) is 43.8 Å². The van der Waals surface area contributed by atoms with E-state index in [4.69, 9.17) is 13.0 Å². The summed E-state index contributed by atoms with van der Waals surface area (Å²) in [6.07, 6.45) is -0.198. The molecule has 4 atom stereocenters. The maximum absolute atomic E-state index is 13.1. The number of nitrogens with zero attached hydrogens (tertiary/aromatic N) is 2. The number of aliphatic hydroxyl groups is 1. The standard InChI is InChI=1S/C15H16FNO4.C13H18FNO/c1-3-21-15(20)13-11(8-12(18)17(2)14(13)19)9-4-6-10(16)7-5-9;1-15-7-6-13(11(8-15)9-16)10-2-4-12(14)5-3-10/h4-7,11,13H,3,8H2,1-2H3;2-5,11,13,16H,6-9H2,1H3/t2*11-,13-/m00/s1/i;7D2,8D2,9D2. The number of halogens is 2. The van der Waals surface area contributed by atoms with Crippen molar-refractivity contribution in [1.82, 2.24) is 9.80 Å². The topological polar surface area (TPSA) is 87.2 Å². The van der Waals surface area contributed by atoms with Crippen LogP contribution in [0.1, 0.15) is 51.0 Å². The average molecular weight is 523 g/mol. The van der Waals surface area contributed by atoms with E-state index < -0.39 is 66.7 Å². The normalized spacial score (nSPS) is 29.8. The van der Waals surface area contributed by atoms with E-state index in [1.807, 2.05) is 0 Å². The van der Waals surface area contributed by atoms with E-state index in [0.29, 0.717) is 11.1 Å². The molecule has 7 nitrogen and oxygen atoms in total. The molecule has 2 saturated heterocycles. The molecule has 2 heterocycles. The van der Waals surface area contributed by atoms with Gasteiger partial charge in [-0.1, -0.05) is 24.3 Å². The minimum absolute atomic E-state index is 0.0113. The Kier molecular flexibility index (Phi) is 7.25. The van der Waals surface area contributed by atoms with Gasteiger partial charge >= 0.3 is 5.97 Å². The first-order valence-corrected chi connectivity index (χ1v) is 11.8. The molecule has 9 heteroatoms. The van der Waals surface area contributed by atoms with Gasteiger partial charge in [-0.15, -0.1) is 0 Å². The van der Waals surface area contributed by atoms with Crippen LogP contribution in [0.5, 0.6) is 0 Å².